The fourth-order valence-corrected chi connectivity index (χ4v) is 4.55. The number of hydrogen-bond acceptors (Lipinski definition) is 3. The van der Waals surface area contributed by atoms with E-state index in [0.29, 0.717) is 18.2 Å². The van der Waals surface area contributed by atoms with Gasteiger partial charge in [0.2, 0.25) is 0 Å². The van der Waals surface area contributed by atoms with E-state index in [9.17, 15) is 4.79 Å². The number of halogens is 2. The molecule has 174 valence electrons. The first kappa shape index (κ1) is 26.0. The zero-order chi connectivity index (χ0) is 20.9. The Morgan fingerprint density at radius 1 is 0.938 bits per heavy atom. The Morgan fingerprint density at radius 3 is 2.31 bits per heavy atom. The van der Waals surface area contributed by atoms with E-state index in [4.69, 9.17) is 11.1 Å². The van der Waals surface area contributed by atoms with Crippen LogP contribution in [0, 0.1) is 5.41 Å². The van der Waals surface area contributed by atoms with E-state index < -0.39 is 0 Å². The van der Waals surface area contributed by atoms with Gasteiger partial charge >= 0.3 is 6.03 Å². The molecule has 0 aliphatic carbocycles. The van der Waals surface area contributed by atoms with Gasteiger partial charge in [-0.15, -0.1) is 24.8 Å². The number of anilines is 1. The Hall–Kier alpha value is -2.28. The standard InChI is InChI=1S/C24H31N5O.2ClH/c25-23(26)20-9-6-10-22(17-20)29-14-5-4-13-28(24(29)30)21-11-15-27(16-12-21)18-19-7-2-1-3-8-19;;/h1-3,6-10,17,21H,4-5,11-16,18H2,(H3,25,26);2*1H. The maximum absolute atomic E-state index is 13.5. The number of urea groups is 1. The number of nitrogens with one attached hydrogen (secondary N) is 1. The summed E-state index contributed by atoms with van der Waals surface area (Å²) in [7, 11) is 0. The third-order valence-corrected chi connectivity index (χ3v) is 6.22. The molecule has 2 aromatic rings. The Labute approximate surface area is 203 Å². The largest absolute Gasteiger partial charge is 0.384 e. The summed E-state index contributed by atoms with van der Waals surface area (Å²) in [5, 5.41) is 7.70. The molecule has 2 saturated heterocycles. The molecule has 6 nitrogen and oxygen atoms in total. The minimum Gasteiger partial charge on any atom is -0.384 e. The number of amides is 2. The molecule has 4 rings (SSSR count). The maximum atomic E-state index is 13.5. The molecular formula is C24H33Cl2N5O. The van der Waals surface area contributed by atoms with Crippen molar-refractivity contribution in [1.82, 2.24) is 9.80 Å². The highest BCUT2D eigenvalue weighted by Gasteiger charge is 2.32. The zero-order valence-corrected chi connectivity index (χ0v) is 19.9. The zero-order valence-electron chi connectivity index (χ0n) is 18.3. The van der Waals surface area contributed by atoms with Gasteiger partial charge in [-0.2, -0.15) is 0 Å². The lowest BCUT2D eigenvalue weighted by atomic mass is 10.0. The quantitative estimate of drug-likeness (QED) is 0.491. The second kappa shape index (κ2) is 12.1. The van der Waals surface area contributed by atoms with Crippen LogP contribution in [-0.4, -0.2) is 53.9 Å². The first-order valence-corrected chi connectivity index (χ1v) is 10.9. The third-order valence-electron chi connectivity index (χ3n) is 6.22. The molecule has 2 heterocycles. The molecular weight excluding hydrogens is 445 g/mol. The van der Waals surface area contributed by atoms with Crippen LogP contribution in [0.3, 0.4) is 0 Å². The number of carbonyl (C=O) groups excluding carboxylic acids is 1. The van der Waals surface area contributed by atoms with Gasteiger partial charge in [-0.05, 0) is 43.4 Å². The highest BCUT2D eigenvalue weighted by molar-refractivity contribution is 5.98. The van der Waals surface area contributed by atoms with Gasteiger partial charge in [-0.1, -0.05) is 42.5 Å². The third kappa shape index (κ3) is 6.15. The summed E-state index contributed by atoms with van der Waals surface area (Å²) < 4.78 is 0. The van der Waals surface area contributed by atoms with Crippen molar-refractivity contribution in [2.24, 2.45) is 5.73 Å². The first-order chi connectivity index (χ1) is 14.6. The maximum Gasteiger partial charge on any atom is 0.324 e. The van der Waals surface area contributed by atoms with Gasteiger partial charge in [0.15, 0.2) is 0 Å². The van der Waals surface area contributed by atoms with Crippen molar-refractivity contribution in [2.45, 2.75) is 38.3 Å². The lowest BCUT2D eigenvalue weighted by Crippen LogP contribution is -2.51. The summed E-state index contributed by atoms with van der Waals surface area (Å²) in [5.41, 5.74) is 8.49. The van der Waals surface area contributed by atoms with Crippen molar-refractivity contribution in [3.05, 3.63) is 65.7 Å². The number of carbonyl (C=O) groups is 1. The van der Waals surface area contributed by atoms with Crippen molar-refractivity contribution >= 4 is 42.4 Å². The van der Waals surface area contributed by atoms with E-state index in [-0.39, 0.29) is 36.7 Å². The number of nitrogens with zero attached hydrogens (tertiary/aromatic N) is 3. The summed E-state index contributed by atoms with van der Waals surface area (Å²) in [6, 6.07) is 18.5. The summed E-state index contributed by atoms with van der Waals surface area (Å²) in [6.07, 6.45) is 4.04. The fourth-order valence-electron chi connectivity index (χ4n) is 4.55. The van der Waals surface area contributed by atoms with Crippen molar-refractivity contribution in [3.8, 4) is 0 Å². The predicted molar refractivity (Wildman–Crippen MR) is 135 cm³/mol. The van der Waals surface area contributed by atoms with E-state index in [2.05, 4.69) is 40.1 Å². The van der Waals surface area contributed by atoms with Gasteiger partial charge < -0.3 is 10.6 Å². The minimum absolute atomic E-state index is 0. The van der Waals surface area contributed by atoms with E-state index >= 15 is 0 Å². The predicted octanol–water partition coefficient (Wildman–Crippen LogP) is 4.50. The van der Waals surface area contributed by atoms with Gasteiger partial charge in [0.1, 0.15) is 5.84 Å². The summed E-state index contributed by atoms with van der Waals surface area (Å²) in [6.45, 7) is 4.55. The average Bonchev–Trinajstić information content (AvgIpc) is 2.97. The Kier molecular flexibility index (Phi) is 9.82. The van der Waals surface area contributed by atoms with Gasteiger partial charge in [-0.3, -0.25) is 15.2 Å². The number of benzene rings is 2. The number of amidine groups is 1. The van der Waals surface area contributed by atoms with Gasteiger partial charge in [-0.25, -0.2) is 4.79 Å². The Balaban J connectivity index is 0.00000181. The second-order valence-corrected chi connectivity index (χ2v) is 8.29. The molecule has 0 saturated carbocycles. The minimum atomic E-state index is 0. The van der Waals surface area contributed by atoms with Crippen molar-refractivity contribution in [3.63, 3.8) is 0 Å². The van der Waals surface area contributed by atoms with E-state index in [1.54, 1.807) is 0 Å². The molecule has 2 aliphatic rings. The van der Waals surface area contributed by atoms with Crippen LogP contribution in [0.15, 0.2) is 54.6 Å². The lowest BCUT2D eigenvalue weighted by Gasteiger charge is -2.39. The van der Waals surface area contributed by atoms with Gasteiger partial charge in [0.05, 0.1) is 0 Å². The van der Waals surface area contributed by atoms with Crippen molar-refractivity contribution in [2.75, 3.05) is 31.1 Å². The van der Waals surface area contributed by atoms with Crippen LogP contribution in [0.4, 0.5) is 10.5 Å². The average molecular weight is 478 g/mol. The number of rotatable bonds is 5. The van der Waals surface area contributed by atoms with Crippen molar-refractivity contribution in [1.29, 1.82) is 5.41 Å². The van der Waals surface area contributed by atoms with Crippen LogP contribution < -0.4 is 10.6 Å². The van der Waals surface area contributed by atoms with Crippen molar-refractivity contribution < 1.29 is 4.79 Å². The second-order valence-electron chi connectivity index (χ2n) is 8.29. The molecule has 3 N–H and O–H groups in total. The Bertz CT molecular complexity index is 887. The molecule has 2 fully saturated rings. The summed E-state index contributed by atoms with van der Waals surface area (Å²) >= 11 is 0. The molecule has 2 aliphatic heterocycles. The number of nitrogens with two attached hydrogens (primary N) is 1. The highest BCUT2D eigenvalue weighted by atomic mass is 35.5. The highest BCUT2D eigenvalue weighted by Crippen LogP contribution is 2.26. The van der Waals surface area contributed by atoms with Crippen LogP contribution in [0.1, 0.15) is 36.8 Å². The molecule has 0 unspecified atom stereocenters. The molecule has 2 amide bonds. The topological polar surface area (TPSA) is 76.7 Å². The monoisotopic (exact) mass is 477 g/mol. The van der Waals surface area contributed by atoms with Gasteiger partial charge in [0.25, 0.3) is 0 Å². The van der Waals surface area contributed by atoms with Crippen LogP contribution in [0.2, 0.25) is 0 Å². The van der Waals surface area contributed by atoms with E-state index in [0.717, 1.165) is 57.5 Å². The first-order valence-electron chi connectivity index (χ1n) is 10.9. The van der Waals surface area contributed by atoms with Gasteiger partial charge in [0, 0.05) is 50.0 Å². The lowest BCUT2D eigenvalue weighted by molar-refractivity contribution is 0.122. The van der Waals surface area contributed by atoms with Crippen LogP contribution >= 0.6 is 24.8 Å². The SMILES string of the molecule is Cl.Cl.N=C(N)c1cccc(N2CCCCN(C3CCN(Cc4ccccc4)CC3)C2=O)c1. The van der Waals surface area contributed by atoms with Crippen LogP contribution in [-0.2, 0) is 6.54 Å². The van der Waals surface area contributed by atoms with Crippen LogP contribution in [0.25, 0.3) is 0 Å². The smallest absolute Gasteiger partial charge is 0.324 e. The molecule has 0 bridgehead atoms. The number of piperidine rings is 1. The fraction of sp³-hybridized carbons (Fsp3) is 0.417. The molecule has 0 aromatic heterocycles. The van der Waals surface area contributed by atoms with Crippen LogP contribution in [0.5, 0.6) is 0 Å². The summed E-state index contributed by atoms with van der Waals surface area (Å²) in [5.74, 6) is 0.0294. The molecule has 8 heteroatoms. The van der Waals surface area contributed by atoms with E-state index in [1.807, 2.05) is 29.2 Å². The number of likely N-dealkylation sites (tertiary alicyclic amines) is 1. The molecule has 2 aromatic carbocycles. The van der Waals surface area contributed by atoms with E-state index in [1.165, 1.54) is 5.56 Å². The molecule has 0 radical (unpaired) electrons. The Morgan fingerprint density at radius 2 is 1.62 bits per heavy atom. The normalized spacial score (nSPS) is 17.8. The summed E-state index contributed by atoms with van der Waals surface area (Å²) in [4.78, 5) is 19.9. The molecule has 32 heavy (non-hydrogen) atoms. The number of nitrogen functional groups attached to an aromatic ring is 1. The number of hydrogen-bond donors (Lipinski definition) is 2. The molecule has 0 spiro atoms. The molecule has 0 atom stereocenters.